The minimum absolute atomic E-state index is 0.0601. The van der Waals surface area contributed by atoms with Crippen LogP contribution in [0.4, 0.5) is 13.2 Å². The SMILES string of the molecule is Cc1ccc(-c2ccccc2C(F)(F)F)cc1C1C(=O)[C@@H]2CC[C@@H](C2)C1=O. The van der Waals surface area contributed by atoms with Crippen LogP contribution in [0.2, 0.25) is 0 Å². The third-order valence-electron chi connectivity index (χ3n) is 5.94. The van der Waals surface area contributed by atoms with Crippen molar-refractivity contribution in [3.05, 3.63) is 59.2 Å². The van der Waals surface area contributed by atoms with Gasteiger partial charge in [-0.2, -0.15) is 13.2 Å². The summed E-state index contributed by atoms with van der Waals surface area (Å²) in [7, 11) is 0. The van der Waals surface area contributed by atoms with Crippen LogP contribution >= 0.6 is 0 Å². The number of halogens is 3. The van der Waals surface area contributed by atoms with E-state index in [0.717, 1.165) is 24.5 Å². The number of fused-ring (bicyclic) bond motifs is 2. The molecule has 2 fully saturated rings. The Labute approximate surface area is 155 Å². The van der Waals surface area contributed by atoms with Gasteiger partial charge in [0, 0.05) is 11.8 Å². The van der Waals surface area contributed by atoms with E-state index >= 15 is 0 Å². The number of carbonyl (C=O) groups excluding carboxylic acids is 2. The van der Waals surface area contributed by atoms with E-state index in [1.807, 2.05) is 0 Å². The van der Waals surface area contributed by atoms with E-state index in [0.29, 0.717) is 17.5 Å². The minimum Gasteiger partial charge on any atom is -0.298 e. The molecular formula is C22H19F3O2. The first kappa shape index (κ1) is 18.0. The fourth-order valence-electron chi connectivity index (χ4n) is 4.52. The molecule has 2 aromatic carbocycles. The van der Waals surface area contributed by atoms with E-state index < -0.39 is 17.7 Å². The van der Waals surface area contributed by atoms with Crippen LogP contribution in [-0.4, -0.2) is 11.6 Å². The predicted molar refractivity (Wildman–Crippen MR) is 95.2 cm³/mol. The number of hydrogen-bond donors (Lipinski definition) is 0. The molecule has 0 N–H and O–H groups in total. The molecular weight excluding hydrogens is 353 g/mol. The van der Waals surface area contributed by atoms with Crippen LogP contribution in [0.1, 0.15) is 41.9 Å². The second-order valence-corrected chi connectivity index (χ2v) is 7.56. The Morgan fingerprint density at radius 1 is 0.926 bits per heavy atom. The van der Waals surface area contributed by atoms with Crippen molar-refractivity contribution in [2.45, 2.75) is 38.3 Å². The zero-order chi connectivity index (χ0) is 19.3. The Morgan fingerprint density at radius 3 is 2.19 bits per heavy atom. The Hall–Kier alpha value is -2.43. The maximum atomic E-state index is 13.4. The summed E-state index contributed by atoms with van der Waals surface area (Å²) in [6, 6.07) is 10.3. The normalized spacial score (nSPS) is 25.1. The molecule has 2 bridgehead atoms. The number of ketones is 2. The van der Waals surface area contributed by atoms with Crippen LogP contribution in [0.15, 0.2) is 42.5 Å². The summed E-state index contributed by atoms with van der Waals surface area (Å²) in [5, 5.41) is 0. The zero-order valence-electron chi connectivity index (χ0n) is 14.8. The maximum absolute atomic E-state index is 13.4. The highest BCUT2D eigenvalue weighted by atomic mass is 19.4. The largest absolute Gasteiger partial charge is 0.417 e. The molecule has 2 saturated carbocycles. The van der Waals surface area contributed by atoms with Crippen molar-refractivity contribution in [2.75, 3.05) is 0 Å². The molecule has 0 aliphatic heterocycles. The molecule has 0 saturated heterocycles. The van der Waals surface area contributed by atoms with Gasteiger partial charge in [0.2, 0.25) is 0 Å². The lowest BCUT2D eigenvalue weighted by Gasteiger charge is -2.27. The van der Waals surface area contributed by atoms with Crippen LogP contribution < -0.4 is 0 Å². The topological polar surface area (TPSA) is 34.1 Å². The van der Waals surface area contributed by atoms with E-state index in [1.54, 1.807) is 31.2 Å². The van der Waals surface area contributed by atoms with E-state index in [4.69, 9.17) is 0 Å². The number of carbonyl (C=O) groups is 2. The van der Waals surface area contributed by atoms with E-state index in [9.17, 15) is 22.8 Å². The summed E-state index contributed by atoms with van der Waals surface area (Å²) in [5.74, 6) is -1.17. The molecule has 0 amide bonds. The number of hydrogen-bond acceptors (Lipinski definition) is 2. The standard InChI is InChI=1S/C22H19F3O2/c1-12-6-7-13(16-4-2-3-5-18(16)22(23,24)25)11-17(12)19-20(26)14-8-9-15(10-14)21(19)27/h2-7,11,14-15,19H,8-10H2,1H3/t14-,15+,19?. The van der Waals surface area contributed by atoms with Gasteiger partial charge in [0.05, 0.1) is 5.56 Å². The van der Waals surface area contributed by atoms with Crippen molar-refractivity contribution in [3.8, 4) is 11.1 Å². The fourth-order valence-corrected chi connectivity index (χ4v) is 4.52. The van der Waals surface area contributed by atoms with Crippen LogP contribution in [-0.2, 0) is 15.8 Å². The fraction of sp³-hybridized carbons (Fsp3) is 0.364. The molecule has 2 aliphatic carbocycles. The van der Waals surface area contributed by atoms with Crippen molar-refractivity contribution in [1.82, 2.24) is 0 Å². The van der Waals surface area contributed by atoms with Gasteiger partial charge in [-0.25, -0.2) is 0 Å². The van der Waals surface area contributed by atoms with Crippen molar-refractivity contribution < 1.29 is 22.8 Å². The van der Waals surface area contributed by atoms with Gasteiger partial charge in [0.1, 0.15) is 5.92 Å². The summed E-state index contributed by atoms with van der Waals surface area (Å²) >= 11 is 0. The molecule has 0 heterocycles. The number of alkyl halides is 3. The molecule has 3 atom stereocenters. The smallest absolute Gasteiger partial charge is 0.298 e. The van der Waals surface area contributed by atoms with E-state index in [1.165, 1.54) is 12.1 Å². The molecule has 0 radical (unpaired) electrons. The van der Waals surface area contributed by atoms with E-state index in [-0.39, 0.29) is 29.0 Å². The summed E-state index contributed by atoms with van der Waals surface area (Å²) < 4.78 is 40.2. The number of aryl methyl sites for hydroxylation is 1. The zero-order valence-corrected chi connectivity index (χ0v) is 14.8. The summed E-state index contributed by atoms with van der Waals surface area (Å²) in [5.41, 5.74) is 1.03. The Balaban J connectivity index is 1.82. The van der Waals surface area contributed by atoms with E-state index in [2.05, 4.69) is 0 Å². The summed E-state index contributed by atoms with van der Waals surface area (Å²) in [6.07, 6.45) is -2.37. The molecule has 140 valence electrons. The third-order valence-corrected chi connectivity index (χ3v) is 5.94. The molecule has 2 nitrogen and oxygen atoms in total. The lowest BCUT2D eigenvalue weighted by molar-refractivity contribution is -0.137. The molecule has 4 rings (SSSR count). The Kier molecular flexibility index (Phi) is 4.21. The van der Waals surface area contributed by atoms with Crippen molar-refractivity contribution in [1.29, 1.82) is 0 Å². The van der Waals surface area contributed by atoms with Crippen LogP contribution in [0, 0.1) is 18.8 Å². The summed E-state index contributed by atoms with van der Waals surface area (Å²) in [6.45, 7) is 1.80. The first-order valence-electron chi connectivity index (χ1n) is 9.12. The van der Waals surface area contributed by atoms with Gasteiger partial charge in [-0.1, -0.05) is 30.3 Å². The highest BCUT2D eigenvalue weighted by Crippen LogP contribution is 2.45. The second kappa shape index (κ2) is 6.32. The molecule has 5 heteroatoms. The number of benzene rings is 2. The molecule has 0 spiro atoms. The van der Waals surface area contributed by atoms with Crippen LogP contribution in [0.3, 0.4) is 0 Å². The number of rotatable bonds is 2. The summed E-state index contributed by atoms with van der Waals surface area (Å²) in [4.78, 5) is 25.6. The first-order chi connectivity index (χ1) is 12.8. The lowest BCUT2D eigenvalue weighted by Crippen LogP contribution is -2.35. The quantitative estimate of drug-likeness (QED) is 0.668. The highest BCUT2D eigenvalue weighted by Gasteiger charge is 2.47. The Bertz CT molecular complexity index is 907. The van der Waals surface area contributed by atoms with Crippen molar-refractivity contribution >= 4 is 11.6 Å². The van der Waals surface area contributed by atoms with Gasteiger partial charge in [-0.15, -0.1) is 0 Å². The molecule has 2 aliphatic rings. The Morgan fingerprint density at radius 2 is 1.56 bits per heavy atom. The van der Waals surface area contributed by atoms with Crippen molar-refractivity contribution in [2.24, 2.45) is 11.8 Å². The molecule has 1 unspecified atom stereocenters. The van der Waals surface area contributed by atoms with Crippen LogP contribution in [0.5, 0.6) is 0 Å². The predicted octanol–water partition coefficient (Wildman–Crippen LogP) is 5.33. The molecule has 2 aromatic rings. The molecule has 0 aromatic heterocycles. The van der Waals surface area contributed by atoms with Gasteiger partial charge >= 0.3 is 6.18 Å². The maximum Gasteiger partial charge on any atom is 0.417 e. The first-order valence-corrected chi connectivity index (χ1v) is 9.12. The van der Waals surface area contributed by atoms with Gasteiger partial charge in [-0.05, 0) is 60.6 Å². The average Bonchev–Trinajstić information content (AvgIpc) is 3.08. The highest BCUT2D eigenvalue weighted by molar-refractivity contribution is 6.12. The molecule has 27 heavy (non-hydrogen) atoms. The minimum atomic E-state index is -4.47. The monoisotopic (exact) mass is 372 g/mol. The van der Waals surface area contributed by atoms with Gasteiger partial charge in [-0.3, -0.25) is 9.59 Å². The van der Waals surface area contributed by atoms with Crippen LogP contribution in [0.25, 0.3) is 11.1 Å². The second-order valence-electron chi connectivity index (χ2n) is 7.56. The van der Waals surface area contributed by atoms with Gasteiger partial charge in [0.15, 0.2) is 11.6 Å². The lowest BCUT2D eigenvalue weighted by atomic mass is 9.74. The van der Waals surface area contributed by atoms with Crippen molar-refractivity contribution in [3.63, 3.8) is 0 Å². The van der Waals surface area contributed by atoms with Gasteiger partial charge < -0.3 is 0 Å². The average molecular weight is 372 g/mol. The van der Waals surface area contributed by atoms with Gasteiger partial charge in [0.25, 0.3) is 0 Å². The third kappa shape index (κ3) is 2.99. The number of Topliss-reactive ketones (excluding diaryl/α,β-unsaturated/α-hetero) is 2.